The minimum absolute atomic E-state index is 0.149. The van der Waals surface area contributed by atoms with Crippen molar-refractivity contribution >= 4 is 7.82 Å². The minimum atomic E-state index is -4.61. The van der Waals surface area contributed by atoms with Gasteiger partial charge >= 0.3 is 7.82 Å². The zero-order chi connectivity index (χ0) is 19.6. The van der Waals surface area contributed by atoms with Gasteiger partial charge in [-0.05, 0) is 75.5 Å². The summed E-state index contributed by atoms with van der Waals surface area (Å²) in [6.45, 7) is 2.06. The van der Waals surface area contributed by atoms with Crippen molar-refractivity contribution in [3.63, 3.8) is 0 Å². The minimum Gasteiger partial charge on any atom is -0.404 e. The molecule has 2 N–H and O–H groups in total. The molecule has 5 rings (SSSR count). The molecular weight excluding hydrogens is 379 g/mol. The number of benzene rings is 1. The van der Waals surface area contributed by atoms with Gasteiger partial charge < -0.3 is 4.52 Å². The summed E-state index contributed by atoms with van der Waals surface area (Å²) in [5.41, 5.74) is 3.04. The average Bonchev–Trinajstić information content (AvgIpc) is 2.65. The second kappa shape index (κ2) is 6.41. The molecule has 0 amide bonds. The number of phosphoric acid groups is 1. The normalized spacial score (nSPS) is 37.4. The molecule has 7 heteroatoms. The highest BCUT2D eigenvalue weighted by Crippen LogP contribution is 2.66. The van der Waals surface area contributed by atoms with Crippen molar-refractivity contribution in [3.05, 3.63) is 41.0 Å². The van der Waals surface area contributed by atoms with Gasteiger partial charge in [0.25, 0.3) is 0 Å². The third-order valence-corrected chi connectivity index (χ3v) is 7.86. The Kier molecular flexibility index (Phi) is 4.31. The summed E-state index contributed by atoms with van der Waals surface area (Å²) >= 11 is 0. The monoisotopic (exact) mass is 406 g/mol. The van der Waals surface area contributed by atoms with E-state index in [0.29, 0.717) is 11.8 Å². The van der Waals surface area contributed by atoms with E-state index in [1.165, 1.54) is 25.7 Å². The van der Waals surface area contributed by atoms with Gasteiger partial charge in [0.05, 0.1) is 0 Å². The Hall–Kier alpha value is -1.17. The summed E-state index contributed by atoms with van der Waals surface area (Å²) in [5.74, 6) is 0.921. The second-order valence-electron chi connectivity index (χ2n) is 8.82. The lowest BCUT2D eigenvalue weighted by Gasteiger charge is -2.66. The van der Waals surface area contributed by atoms with Crippen molar-refractivity contribution in [2.75, 3.05) is 0 Å². The van der Waals surface area contributed by atoms with Crippen LogP contribution in [-0.2, 0) is 19.9 Å². The molecule has 1 aliphatic heterocycles. The topological polar surface area (TPSA) is 85.2 Å². The lowest BCUT2D eigenvalue weighted by Crippen LogP contribution is -2.72. The van der Waals surface area contributed by atoms with Crippen molar-refractivity contribution in [2.24, 2.45) is 11.8 Å². The third-order valence-electron chi connectivity index (χ3n) is 7.41. The Morgan fingerprint density at radius 3 is 2.71 bits per heavy atom. The van der Waals surface area contributed by atoms with Crippen LogP contribution in [0.3, 0.4) is 0 Å². The molecule has 1 heterocycles. The molecule has 1 saturated carbocycles. The average molecular weight is 406 g/mol. The molecule has 0 radical (unpaired) electrons. The van der Waals surface area contributed by atoms with Gasteiger partial charge in [0.2, 0.25) is 0 Å². The molecule has 2 fully saturated rings. The van der Waals surface area contributed by atoms with Crippen molar-refractivity contribution in [3.8, 4) is 5.75 Å². The summed E-state index contributed by atoms with van der Waals surface area (Å²) in [6.07, 6.45) is 9.48. The van der Waals surface area contributed by atoms with Crippen LogP contribution < -0.4 is 4.52 Å². The van der Waals surface area contributed by atoms with Crippen LogP contribution in [0.1, 0.15) is 63.9 Å². The maximum Gasteiger partial charge on any atom is 0.524 e. The number of phosphoric ester groups is 1. The quantitative estimate of drug-likeness (QED) is 0.428. The van der Waals surface area contributed by atoms with Gasteiger partial charge in [0.1, 0.15) is 11.4 Å². The first-order valence-corrected chi connectivity index (χ1v) is 11.8. The molecule has 1 aromatic carbocycles. The van der Waals surface area contributed by atoms with Crippen LogP contribution in [-0.4, -0.2) is 15.4 Å². The van der Waals surface area contributed by atoms with Gasteiger partial charge in [0.15, 0.2) is 5.60 Å². The summed E-state index contributed by atoms with van der Waals surface area (Å²) in [7, 11) is -4.61. The van der Waals surface area contributed by atoms with E-state index in [2.05, 4.69) is 6.92 Å². The predicted octanol–water partition coefficient (Wildman–Crippen LogP) is 4.76. The number of rotatable bonds is 3. The van der Waals surface area contributed by atoms with E-state index in [9.17, 15) is 4.57 Å². The first-order valence-electron chi connectivity index (χ1n) is 10.3. The van der Waals surface area contributed by atoms with Crippen molar-refractivity contribution in [1.82, 2.24) is 0 Å². The standard InChI is InChI=1S/C21H27O6P/c1-20(15-7-4-9-17(13-15)25-28(22,23)24)21(27-26-20)16-8-5-11-19(21)18-10-3-2-6-14(18)12-16/h4,7,9,13,16,19H,2-3,5-6,8,10-12H2,1H3,(H2,22,23,24). The summed E-state index contributed by atoms with van der Waals surface area (Å²) in [4.78, 5) is 30.2. The zero-order valence-electron chi connectivity index (χ0n) is 16.1. The lowest BCUT2D eigenvalue weighted by atomic mass is 9.51. The Morgan fingerprint density at radius 1 is 1.14 bits per heavy atom. The lowest BCUT2D eigenvalue weighted by molar-refractivity contribution is -0.581. The van der Waals surface area contributed by atoms with Crippen LogP contribution >= 0.6 is 7.82 Å². The Balaban J connectivity index is 1.56. The molecule has 1 saturated heterocycles. The highest BCUT2D eigenvalue weighted by molar-refractivity contribution is 7.46. The van der Waals surface area contributed by atoms with E-state index in [-0.39, 0.29) is 5.75 Å². The molecular formula is C21H27O6P. The Bertz CT molecular complexity index is 875. The van der Waals surface area contributed by atoms with E-state index in [1.807, 2.05) is 6.07 Å². The van der Waals surface area contributed by atoms with Gasteiger partial charge in [-0.2, -0.15) is 0 Å². The van der Waals surface area contributed by atoms with E-state index in [1.54, 1.807) is 29.3 Å². The molecule has 4 atom stereocenters. The van der Waals surface area contributed by atoms with Gasteiger partial charge in [-0.1, -0.05) is 29.7 Å². The molecule has 3 aliphatic carbocycles. The predicted molar refractivity (Wildman–Crippen MR) is 102 cm³/mol. The van der Waals surface area contributed by atoms with E-state index >= 15 is 0 Å². The number of hydrogen-bond acceptors (Lipinski definition) is 4. The van der Waals surface area contributed by atoms with E-state index in [0.717, 1.165) is 31.2 Å². The number of allylic oxidation sites excluding steroid dienone is 1. The first-order chi connectivity index (χ1) is 13.3. The maximum atomic E-state index is 11.3. The van der Waals surface area contributed by atoms with Gasteiger partial charge in [-0.25, -0.2) is 14.3 Å². The largest absolute Gasteiger partial charge is 0.524 e. The molecule has 1 spiro atoms. The summed E-state index contributed by atoms with van der Waals surface area (Å²) in [5, 5.41) is 0. The SMILES string of the molecule is CC1(c2cccc(OP(=O)(O)O)c2)OOC12C1CCCC2C2=C(CCCC2)C1. The van der Waals surface area contributed by atoms with Gasteiger partial charge in [0, 0.05) is 5.92 Å². The zero-order valence-corrected chi connectivity index (χ0v) is 17.0. The Morgan fingerprint density at radius 2 is 1.96 bits per heavy atom. The molecule has 1 aromatic rings. The number of fused-ring (bicyclic) bond motifs is 1. The fraction of sp³-hybridized carbons (Fsp3) is 0.619. The van der Waals surface area contributed by atoms with Crippen LogP contribution in [0.15, 0.2) is 35.4 Å². The fourth-order valence-electron chi connectivity index (χ4n) is 6.28. The first kappa shape index (κ1) is 18.8. The van der Waals surface area contributed by atoms with Crippen molar-refractivity contribution < 1.29 is 28.7 Å². The molecule has 152 valence electrons. The van der Waals surface area contributed by atoms with Crippen LogP contribution in [0.25, 0.3) is 0 Å². The van der Waals surface area contributed by atoms with Crippen molar-refractivity contribution in [1.29, 1.82) is 0 Å². The smallest absolute Gasteiger partial charge is 0.404 e. The van der Waals surface area contributed by atoms with Crippen molar-refractivity contribution in [2.45, 2.75) is 69.5 Å². The summed E-state index contributed by atoms with van der Waals surface area (Å²) < 4.78 is 16.1. The second-order valence-corrected chi connectivity index (χ2v) is 9.99. The van der Waals surface area contributed by atoms with E-state index in [4.69, 9.17) is 24.1 Å². The number of hydrogen-bond donors (Lipinski definition) is 2. The molecule has 4 unspecified atom stereocenters. The molecule has 2 bridgehead atoms. The summed E-state index contributed by atoms with van der Waals surface area (Å²) in [6, 6.07) is 6.94. The molecule has 4 aliphatic rings. The van der Waals surface area contributed by atoms with Crippen LogP contribution in [0.4, 0.5) is 0 Å². The fourth-order valence-corrected chi connectivity index (χ4v) is 6.67. The van der Waals surface area contributed by atoms with Gasteiger partial charge in [-0.15, -0.1) is 0 Å². The van der Waals surface area contributed by atoms with Crippen LogP contribution in [0.2, 0.25) is 0 Å². The highest BCUT2D eigenvalue weighted by Gasteiger charge is 2.71. The molecule has 6 nitrogen and oxygen atoms in total. The van der Waals surface area contributed by atoms with E-state index < -0.39 is 19.0 Å². The maximum absolute atomic E-state index is 11.3. The van der Waals surface area contributed by atoms with Gasteiger partial charge in [-0.3, -0.25) is 9.79 Å². The highest BCUT2D eigenvalue weighted by atomic mass is 31.2. The van der Waals surface area contributed by atoms with Crippen LogP contribution in [0, 0.1) is 11.8 Å². The van der Waals surface area contributed by atoms with Crippen LogP contribution in [0.5, 0.6) is 5.75 Å². The third kappa shape index (κ3) is 2.66. The molecule has 28 heavy (non-hydrogen) atoms. The Labute approximate surface area is 165 Å². The molecule has 0 aromatic heterocycles.